The molecule has 54 heavy (non-hydrogen) atoms. The van der Waals surface area contributed by atoms with E-state index in [4.69, 9.17) is 28.4 Å². The van der Waals surface area contributed by atoms with Gasteiger partial charge in [0, 0.05) is 23.1 Å². The maximum Gasteiger partial charge on any atom is 0.251 e. The summed E-state index contributed by atoms with van der Waals surface area (Å²) >= 11 is 0. The summed E-state index contributed by atoms with van der Waals surface area (Å²) in [5.74, 6) is -1.89. The fourth-order valence-corrected chi connectivity index (χ4v) is 6.82. The van der Waals surface area contributed by atoms with Crippen molar-refractivity contribution < 1.29 is 58.7 Å². The van der Waals surface area contributed by atoms with Gasteiger partial charge in [-0.3, -0.25) is 4.79 Å². The van der Waals surface area contributed by atoms with Crippen molar-refractivity contribution in [2.75, 3.05) is 26.4 Å². The van der Waals surface area contributed by atoms with E-state index in [-0.39, 0.29) is 37.7 Å². The van der Waals surface area contributed by atoms with Gasteiger partial charge in [0.15, 0.2) is 6.29 Å². The Morgan fingerprint density at radius 2 is 1.67 bits per heavy atom. The van der Waals surface area contributed by atoms with Crippen molar-refractivity contribution in [3.05, 3.63) is 119 Å². The molecule has 16 heteroatoms. The van der Waals surface area contributed by atoms with Gasteiger partial charge < -0.3 is 59.3 Å². The summed E-state index contributed by atoms with van der Waals surface area (Å²) in [6.07, 6.45) is -9.91. The van der Waals surface area contributed by atoms with Crippen LogP contribution in [0, 0.1) is 0 Å². The Labute approximate surface area is 310 Å². The highest BCUT2D eigenvalue weighted by atomic mass is 16.7. The van der Waals surface area contributed by atoms with Crippen LogP contribution >= 0.6 is 0 Å². The van der Waals surface area contributed by atoms with E-state index in [1.165, 1.54) is 6.08 Å². The molecule has 6 rings (SSSR count). The van der Waals surface area contributed by atoms with Crippen LogP contribution in [0.25, 0.3) is 21.6 Å². The average Bonchev–Trinajstić information content (AvgIpc) is 3.57. The normalized spacial score (nSPS) is 30.1. The number of ether oxygens (including phenoxy) is 6. The van der Waals surface area contributed by atoms with Crippen molar-refractivity contribution in [1.29, 1.82) is 0 Å². The van der Waals surface area contributed by atoms with Crippen LogP contribution in [0.15, 0.2) is 97.2 Å². The van der Waals surface area contributed by atoms with Crippen LogP contribution in [0.5, 0.6) is 11.5 Å². The van der Waals surface area contributed by atoms with E-state index >= 15 is 0 Å². The summed E-state index contributed by atoms with van der Waals surface area (Å²) in [5, 5.41) is 61.4. The third-order valence-corrected chi connectivity index (χ3v) is 9.46. The van der Waals surface area contributed by atoms with E-state index in [0.717, 1.165) is 11.1 Å². The monoisotopic (exact) mass is 746 g/mol. The second-order valence-corrected chi connectivity index (χ2v) is 12.9. The number of rotatable bonds is 14. The lowest BCUT2D eigenvalue weighted by molar-refractivity contribution is -0.377. The largest absolute Gasteiger partial charge is 0.489 e. The zero-order valence-corrected chi connectivity index (χ0v) is 29.1. The summed E-state index contributed by atoms with van der Waals surface area (Å²) in [4.78, 5) is 15.9. The number of carbonyl (C=O) groups is 1. The Morgan fingerprint density at radius 3 is 2.35 bits per heavy atom. The third-order valence-electron chi connectivity index (χ3n) is 9.46. The number of amides is 1. The molecule has 10 atom stereocenters. The van der Waals surface area contributed by atoms with Gasteiger partial charge in [-0.1, -0.05) is 72.9 Å². The number of azide groups is 1. The van der Waals surface area contributed by atoms with Crippen LogP contribution < -0.4 is 14.8 Å². The van der Waals surface area contributed by atoms with Gasteiger partial charge in [0.1, 0.15) is 67.4 Å². The molecule has 0 saturated carbocycles. The Balaban J connectivity index is 1.20. The standard InChI is InChI=1S/C38H42N4O12/c1-3-14-49-25-16-24-20-51-38(29(24)26(17-25)50-15-4-2)35(47)30(41-42-39)34(28(19-43)54-38)53-37-33(46)32(45)31(44)27(52-37)18-40-36(48)23-12-10-22(11-13-23)21-8-6-5-7-9-21/h3-13,16-17,27-28,30-35,37,43-47H,1-2,14-15,18-20H2,(H,40,48)/t27-,28-,30+,31+,32+,33-,34-,35-,37+,38?/m1/s1. The minimum absolute atomic E-state index is 0.0612. The van der Waals surface area contributed by atoms with Crippen LogP contribution in [0.4, 0.5) is 0 Å². The van der Waals surface area contributed by atoms with Gasteiger partial charge >= 0.3 is 0 Å². The molecule has 1 unspecified atom stereocenters. The minimum atomic E-state index is -2.03. The highest BCUT2D eigenvalue weighted by Crippen LogP contribution is 2.52. The number of nitrogens with zero attached hydrogens (tertiary/aromatic N) is 3. The quantitative estimate of drug-likeness (QED) is 0.0603. The molecule has 3 aromatic carbocycles. The van der Waals surface area contributed by atoms with Crippen molar-refractivity contribution in [2.24, 2.45) is 5.11 Å². The summed E-state index contributed by atoms with van der Waals surface area (Å²) in [6.45, 7) is 6.45. The van der Waals surface area contributed by atoms with Crippen LogP contribution in [0.1, 0.15) is 21.5 Å². The number of aliphatic hydroxyl groups excluding tert-OH is 5. The molecule has 0 aliphatic carbocycles. The van der Waals surface area contributed by atoms with E-state index < -0.39 is 73.4 Å². The number of benzene rings is 3. The van der Waals surface area contributed by atoms with Crippen LogP contribution in [0.2, 0.25) is 0 Å². The Hall–Kier alpha value is -4.84. The first-order chi connectivity index (χ1) is 26.1. The number of carbonyl (C=O) groups excluding carboxylic acids is 1. The second kappa shape index (κ2) is 17.1. The van der Waals surface area contributed by atoms with Crippen molar-refractivity contribution in [1.82, 2.24) is 5.32 Å². The van der Waals surface area contributed by atoms with Gasteiger partial charge in [-0.25, -0.2) is 0 Å². The molecule has 286 valence electrons. The molecule has 1 amide bonds. The molecule has 3 aliphatic heterocycles. The van der Waals surface area contributed by atoms with E-state index in [9.17, 15) is 35.9 Å². The third kappa shape index (κ3) is 7.71. The number of hydrogen-bond acceptors (Lipinski definition) is 13. The van der Waals surface area contributed by atoms with Gasteiger partial charge in [-0.15, -0.1) is 0 Å². The fourth-order valence-electron chi connectivity index (χ4n) is 6.82. The first kappa shape index (κ1) is 38.9. The Kier molecular flexibility index (Phi) is 12.3. The first-order valence-corrected chi connectivity index (χ1v) is 17.2. The lowest BCUT2D eigenvalue weighted by Gasteiger charge is -2.50. The first-order valence-electron chi connectivity index (χ1n) is 17.2. The maximum absolute atomic E-state index is 13.0. The molecule has 1 spiro atoms. The average molecular weight is 747 g/mol. The summed E-state index contributed by atoms with van der Waals surface area (Å²) in [6, 6.07) is 18.2. The van der Waals surface area contributed by atoms with E-state index in [0.29, 0.717) is 16.9 Å². The topological polar surface area (TPSA) is 234 Å². The maximum atomic E-state index is 13.0. The lowest BCUT2D eigenvalue weighted by atomic mass is 9.85. The van der Waals surface area contributed by atoms with E-state index in [1.54, 1.807) is 42.5 Å². The molecule has 16 nitrogen and oxygen atoms in total. The molecule has 0 bridgehead atoms. The van der Waals surface area contributed by atoms with Gasteiger partial charge in [0.25, 0.3) is 5.91 Å². The molecule has 2 fully saturated rings. The molecular weight excluding hydrogens is 704 g/mol. The van der Waals surface area contributed by atoms with Crippen LogP contribution in [-0.4, -0.2) is 113 Å². The zero-order chi connectivity index (χ0) is 38.4. The summed E-state index contributed by atoms with van der Waals surface area (Å²) < 4.78 is 35.9. The van der Waals surface area contributed by atoms with Gasteiger partial charge in [-0.05, 0) is 40.4 Å². The fraction of sp³-hybridized carbons (Fsp3) is 0.395. The predicted octanol–water partition coefficient (Wildman–Crippen LogP) is 2.22. The SMILES string of the molecule is C=CCOc1cc2c(c(OCC=C)c1)C1(OC2)O[C@H](CO)[C@@H](O[C@@H]2O[C@H](CNC(=O)c3ccc(-c4ccccc4)cc3)[C@H](O)[C@H](O)[C@H]2O)[C@H](N=[N+]=[N-])[C@H]1O. The Morgan fingerprint density at radius 1 is 0.963 bits per heavy atom. The van der Waals surface area contributed by atoms with Gasteiger partial charge in [0.2, 0.25) is 5.79 Å². The highest BCUT2D eigenvalue weighted by molar-refractivity contribution is 5.94. The number of hydrogen-bond donors (Lipinski definition) is 6. The molecule has 3 aliphatic rings. The molecule has 3 aromatic rings. The molecular formula is C38H42N4O12. The molecule has 2 saturated heterocycles. The van der Waals surface area contributed by atoms with E-state index in [2.05, 4.69) is 28.5 Å². The highest BCUT2D eigenvalue weighted by Gasteiger charge is 2.61. The molecule has 6 N–H and O–H groups in total. The predicted molar refractivity (Wildman–Crippen MR) is 191 cm³/mol. The summed E-state index contributed by atoms with van der Waals surface area (Å²) in [5.41, 5.74) is 12.6. The molecule has 0 aromatic heterocycles. The zero-order valence-electron chi connectivity index (χ0n) is 29.1. The van der Waals surface area contributed by atoms with Crippen LogP contribution in [-0.2, 0) is 31.3 Å². The van der Waals surface area contributed by atoms with E-state index in [1.807, 2.05) is 30.3 Å². The van der Waals surface area contributed by atoms with Crippen LogP contribution in [0.3, 0.4) is 0 Å². The number of aliphatic hydroxyl groups is 5. The minimum Gasteiger partial charge on any atom is -0.489 e. The molecule has 3 heterocycles. The van der Waals surface area contributed by atoms with Crippen molar-refractivity contribution in [3.63, 3.8) is 0 Å². The van der Waals surface area contributed by atoms with Crippen molar-refractivity contribution >= 4 is 5.91 Å². The van der Waals surface area contributed by atoms with Crippen molar-refractivity contribution in [2.45, 2.75) is 67.5 Å². The Bertz CT molecular complexity index is 1840. The number of nitrogens with one attached hydrogen (secondary N) is 1. The lowest BCUT2D eigenvalue weighted by Crippen LogP contribution is -2.66. The summed E-state index contributed by atoms with van der Waals surface area (Å²) in [7, 11) is 0. The van der Waals surface area contributed by atoms with Gasteiger partial charge in [-0.2, -0.15) is 0 Å². The smallest absolute Gasteiger partial charge is 0.251 e. The molecule has 0 radical (unpaired) electrons. The number of fused-ring (bicyclic) bond motifs is 2. The van der Waals surface area contributed by atoms with Gasteiger partial charge in [0.05, 0.1) is 24.8 Å². The second-order valence-electron chi connectivity index (χ2n) is 12.9. The van der Waals surface area contributed by atoms with Crippen molar-refractivity contribution in [3.8, 4) is 22.6 Å².